The van der Waals surface area contributed by atoms with E-state index in [4.69, 9.17) is 0 Å². The van der Waals surface area contributed by atoms with E-state index < -0.39 is 11.7 Å². The zero-order chi connectivity index (χ0) is 16.3. The Balaban J connectivity index is 0.00000208. The maximum atomic E-state index is 13.3. The summed E-state index contributed by atoms with van der Waals surface area (Å²) in [4.78, 5) is 0. The van der Waals surface area contributed by atoms with Gasteiger partial charge in [0.15, 0.2) is 0 Å². The van der Waals surface area contributed by atoms with Crippen molar-refractivity contribution in [2.45, 2.75) is 25.4 Å². The number of halogens is 4. The molecule has 0 atom stereocenters. The van der Waals surface area contributed by atoms with E-state index in [2.05, 4.69) is 5.32 Å². The van der Waals surface area contributed by atoms with Crippen molar-refractivity contribution < 1.29 is 13.2 Å². The summed E-state index contributed by atoms with van der Waals surface area (Å²) in [6, 6.07) is 13.4. The number of hydrogen-bond acceptors (Lipinski definition) is 1. The van der Waals surface area contributed by atoms with E-state index in [9.17, 15) is 13.2 Å². The number of hydrogen-bond donors (Lipinski definition) is 1. The predicted molar refractivity (Wildman–Crippen MR) is 93.4 cm³/mol. The minimum absolute atomic E-state index is 0. The molecule has 0 aromatic heterocycles. The summed E-state index contributed by atoms with van der Waals surface area (Å²) in [5, 5.41) is 3.32. The Bertz CT molecular complexity index is 649. The molecule has 1 heterocycles. The summed E-state index contributed by atoms with van der Waals surface area (Å²) in [6.45, 7) is 1.99. The van der Waals surface area contributed by atoms with Gasteiger partial charge in [-0.3, -0.25) is 0 Å². The number of rotatable bonds is 3. The standard InChI is InChI=1S/C19H20F3N.ClH/c20-19(21,22)18-7-6-15(12-14-8-10-23-11-9-14)13-17(18)16-4-2-1-3-5-16;/h1-7,13-14,23H,8-12H2;1H. The molecule has 0 radical (unpaired) electrons. The summed E-state index contributed by atoms with van der Waals surface area (Å²) < 4.78 is 39.9. The first-order valence-electron chi connectivity index (χ1n) is 8.00. The van der Waals surface area contributed by atoms with Crippen LogP contribution in [-0.4, -0.2) is 13.1 Å². The highest BCUT2D eigenvalue weighted by Gasteiger charge is 2.33. The molecule has 0 amide bonds. The van der Waals surface area contributed by atoms with Crippen LogP contribution in [-0.2, 0) is 12.6 Å². The molecule has 1 N–H and O–H groups in total. The van der Waals surface area contributed by atoms with Gasteiger partial charge in [0, 0.05) is 0 Å². The molecular weight excluding hydrogens is 335 g/mol. The van der Waals surface area contributed by atoms with Gasteiger partial charge in [-0.15, -0.1) is 12.4 Å². The zero-order valence-electron chi connectivity index (χ0n) is 13.3. The first kappa shape index (κ1) is 18.8. The molecule has 2 aromatic rings. The van der Waals surface area contributed by atoms with Crippen LogP contribution < -0.4 is 5.32 Å². The van der Waals surface area contributed by atoms with Crippen molar-refractivity contribution >= 4 is 12.4 Å². The first-order valence-corrected chi connectivity index (χ1v) is 8.00. The Labute approximate surface area is 146 Å². The SMILES string of the molecule is Cl.FC(F)(F)c1ccc(CC2CCNCC2)cc1-c1ccccc1. The van der Waals surface area contributed by atoms with Crippen LogP contribution in [0.15, 0.2) is 48.5 Å². The van der Waals surface area contributed by atoms with Gasteiger partial charge in [-0.25, -0.2) is 0 Å². The van der Waals surface area contributed by atoms with Gasteiger partial charge in [-0.2, -0.15) is 13.2 Å². The van der Waals surface area contributed by atoms with Crippen LogP contribution >= 0.6 is 12.4 Å². The molecule has 1 saturated heterocycles. The van der Waals surface area contributed by atoms with E-state index in [1.165, 1.54) is 6.07 Å². The first-order chi connectivity index (χ1) is 11.0. The molecule has 0 aliphatic carbocycles. The van der Waals surface area contributed by atoms with Crippen LogP contribution in [0.5, 0.6) is 0 Å². The van der Waals surface area contributed by atoms with Gasteiger partial charge >= 0.3 is 6.18 Å². The van der Waals surface area contributed by atoms with Crippen molar-refractivity contribution in [1.29, 1.82) is 0 Å². The van der Waals surface area contributed by atoms with Crippen LogP contribution in [0.1, 0.15) is 24.0 Å². The van der Waals surface area contributed by atoms with Gasteiger partial charge in [0.2, 0.25) is 0 Å². The summed E-state index contributed by atoms with van der Waals surface area (Å²) in [5.41, 5.74) is 1.33. The van der Waals surface area contributed by atoms with Crippen LogP contribution in [0, 0.1) is 5.92 Å². The van der Waals surface area contributed by atoms with Gasteiger partial charge in [-0.05, 0) is 61.0 Å². The minimum atomic E-state index is -4.33. The number of alkyl halides is 3. The third kappa shape index (κ3) is 4.52. The second-order valence-electron chi connectivity index (χ2n) is 6.14. The quantitative estimate of drug-likeness (QED) is 0.784. The molecule has 0 spiro atoms. The van der Waals surface area contributed by atoms with Crippen molar-refractivity contribution in [3.63, 3.8) is 0 Å². The Kier molecular flexibility index (Phi) is 6.30. The van der Waals surface area contributed by atoms with E-state index >= 15 is 0 Å². The molecule has 130 valence electrons. The van der Waals surface area contributed by atoms with Gasteiger partial charge in [-0.1, -0.05) is 42.5 Å². The molecule has 1 aliphatic rings. The molecule has 24 heavy (non-hydrogen) atoms. The van der Waals surface area contributed by atoms with Crippen molar-refractivity contribution in [3.8, 4) is 11.1 Å². The molecule has 0 saturated carbocycles. The van der Waals surface area contributed by atoms with Gasteiger partial charge in [0.1, 0.15) is 0 Å². The van der Waals surface area contributed by atoms with Crippen molar-refractivity contribution in [2.75, 3.05) is 13.1 Å². The summed E-state index contributed by atoms with van der Waals surface area (Å²) in [6.07, 6.45) is -1.32. The maximum Gasteiger partial charge on any atom is 0.417 e. The number of benzene rings is 2. The monoisotopic (exact) mass is 355 g/mol. The van der Waals surface area contributed by atoms with E-state index in [-0.39, 0.29) is 18.0 Å². The third-order valence-electron chi connectivity index (χ3n) is 4.46. The predicted octanol–water partition coefficient (Wildman–Crippen LogP) is 5.34. The molecule has 0 unspecified atom stereocenters. The molecule has 3 rings (SSSR count). The molecule has 2 aromatic carbocycles. The fourth-order valence-corrected chi connectivity index (χ4v) is 3.24. The Morgan fingerprint density at radius 1 is 0.958 bits per heavy atom. The average Bonchev–Trinajstić information content (AvgIpc) is 2.55. The number of piperidine rings is 1. The third-order valence-corrected chi connectivity index (χ3v) is 4.46. The second-order valence-corrected chi connectivity index (χ2v) is 6.14. The summed E-state index contributed by atoms with van der Waals surface area (Å²) >= 11 is 0. The normalized spacial score (nSPS) is 15.8. The fourth-order valence-electron chi connectivity index (χ4n) is 3.24. The lowest BCUT2D eigenvalue weighted by molar-refractivity contribution is -0.137. The van der Waals surface area contributed by atoms with E-state index in [1.807, 2.05) is 6.07 Å². The minimum Gasteiger partial charge on any atom is -0.317 e. The van der Waals surface area contributed by atoms with Crippen molar-refractivity contribution in [2.24, 2.45) is 5.92 Å². The molecule has 5 heteroatoms. The molecule has 0 bridgehead atoms. The second kappa shape index (κ2) is 8.04. The summed E-state index contributed by atoms with van der Waals surface area (Å²) in [7, 11) is 0. The van der Waals surface area contributed by atoms with Crippen molar-refractivity contribution in [1.82, 2.24) is 5.32 Å². The van der Waals surface area contributed by atoms with Crippen LogP contribution in [0.25, 0.3) is 11.1 Å². The highest BCUT2D eigenvalue weighted by molar-refractivity contribution is 5.85. The topological polar surface area (TPSA) is 12.0 Å². The van der Waals surface area contributed by atoms with Crippen LogP contribution in [0.3, 0.4) is 0 Å². The van der Waals surface area contributed by atoms with Gasteiger partial charge in [0.05, 0.1) is 5.56 Å². The van der Waals surface area contributed by atoms with E-state index in [0.29, 0.717) is 11.5 Å². The molecule has 1 aliphatic heterocycles. The lowest BCUT2D eigenvalue weighted by Crippen LogP contribution is -2.28. The summed E-state index contributed by atoms with van der Waals surface area (Å²) in [5.74, 6) is 0.552. The van der Waals surface area contributed by atoms with Gasteiger partial charge in [0.25, 0.3) is 0 Å². The van der Waals surface area contributed by atoms with Crippen LogP contribution in [0.2, 0.25) is 0 Å². The Morgan fingerprint density at radius 2 is 1.62 bits per heavy atom. The molecular formula is C19H21ClF3N. The van der Waals surface area contributed by atoms with Gasteiger partial charge < -0.3 is 5.32 Å². The molecule has 1 nitrogen and oxygen atoms in total. The average molecular weight is 356 g/mol. The molecule has 1 fully saturated rings. The smallest absolute Gasteiger partial charge is 0.317 e. The Morgan fingerprint density at radius 3 is 2.25 bits per heavy atom. The zero-order valence-corrected chi connectivity index (χ0v) is 14.1. The largest absolute Gasteiger partial charge is 0.417 e. The van der Waals surface area contributed by atoms with Crippen molar-refractivity contribution in [3.05, 3.63) is 59.7 Å². The lowest BCUT2D eigenvalue weighted by Gasteiger charge is -2.23. The highest BCUT2D eigenvalue weighted by Crippen LogP contribution is 2.38. The highest BCUT2D eigenvalue weighted by atomic mass is 35.5. The van der Waals surface area contributed by atoms with E-state index in [0.717, 1.165) is 37.9 Å². The van der Waals surface area contributed by atoms with Crippen LogP contribution in [0.4, 0.5) is 13.2 Å². The Hall–Kier alpha value is -1.52. The number of nitrogens with one attached hydrogen (secondary N) is 1. The fraction of sp³-hybridized carbons (Fsp3) is 0.368. The van der Waals surface area contributed by atoms with E-state index in [1.54, 1.807) is 36.4 Å². The maximum absolute atomic E-state index is 13.3. The lowest BCUT2D eigenvalue weighted by atomic mass is 9.88.